The van der Waals surface area contributed by atoms with Crippen LogP contribution in [0.5, 0.6) is 0 Å². The minimum atomic E-state index is -4.17. The van der Waals surface area contributed by atoms with Crippen LogP contribution in [0.25, 0.3) is 11.1 Å². The summed E-state index contributed by atoms with van der Waals surface area (Å²) in [6.45, 7) is 6.20. The Morgan fingerprint density at radius 2 is 1.38 bits per heavy atom. The van der Waals surface area contributed by atoms with Crippen molar-refractivity contribution in [3.8, 4) is 17.2 Å². The number of nitrogens with zero attached hydrogens (tertiary/aromatic N) is 1. The van der Waals surface area contributed by atoms with E-state index in [4.69, 9.17) is 9.81 Å². The number of rotatable bonds is 11. The van der Waals surface area contributed by atoms with Gasteiger partial charge >= 0.3 is 0 Å². The van der Waals surface area contributed by atoms with Crippen molar-refractivity contribution in [2.24, 2.45) is 0 Å². The standard InChI is InChI=1S/C36H37N3O5S/c1-36(2,3)31-16-12-29(13-17-31)33(24-26-6-10-30(11-7-26)34(40)38-22-23-45(42,43)44)35(41)39-32-18-14-28(15-19-32)27-8-4-25(5-9-27)20-21-37/h4-19,33H,20,22-24H2,1-3H3,(H,38,40)(H,39,41)(H,42,43,44). The van der Waals surface area contributed by atoms with E-state index in [0.29, 0.717) is 24.1 Å². The highest BCUT2D eigenvalue weighted by Crippen LogP contribution is 2.29. The van der Waals surface area contributed by atoms with Crippen molar-refractivity contribution < 1.29 is 22.6 Å². The molecule has 2 amide bonds. The predicted octanol–water partition coefficient (Wildman–Crippen LogP) is 6.30. The molecule has 4 aromatic rings. The average Bonchev–Trinajstić information content (AvgIpc) is 3.00. The van der Waals surface area contributed by atoms with Crippen molar-refractivity contribution in [2.45, 2.75) is 44.9 Å². The summed E-state index contributed by atoms with van der Waals surface area (Å²) in [5.74, 6) is -1.71. The first kappa shape index (κ1) is 33.1. The normalized spacial score (nSPS) is 12.2. The minimum Gasteiger partial charge on any atom is -0.351 e. The van der Waals surface area contributed by atoms with E-state index in [9.17, 15) is 18.0 Å². The maximum atomic E-state index is 13.8. The molecule has 1 unspecified atom stereocenters. The first-order chi connectivity index (χ1) is 21.3. The fourth-order valence-corrected chi connectivity index (χ4v) is 5.24. The molecule has 45 heavy (non-hydrogen) atoms. The van der Waals surface area contributed by atoms with Gasteiger partial charge in [0.2, 0.25) is 5.91 Å². The fourth-order valence-electron chi connectivity index (χ4n) is 4.88. The molecule has 3 N–H and O–H groups in total. The van der Waals surface area contributed by atoms with Crippen molar-refractivity contribution in [3.63, 3.8) is 0 Å². The van der Waals surface area contributed by atoms with Gasteiger partial charge in [-0.05, 0) is 69.5 Å². The number of nitrogens with one attached hydrogen (secondary N) is 2. The summed E-state index contributed by atoms with van der Waals surface area (Å²) in [7, 11) is -4.17. The monoisotopic (exact) mass is 623 g/mol. The van der Waals surface area contributed by atoms with Crippen molar-refractivity contribution in [3.05, 3.63) is 125 Å². The topological polar surface area (TPSA) is 136 Å². The molecule has 0 saturated carbocycles. The molecule has 8 nitrogen and oxygen atoms in total. The molecular formula is C36H37N3O5S. The molecule has 0 radical (unpaired) electrons. The van der Waals surface area contributed by atoms with Gasteiger partial charge in [-0.25, -0.2) is 0 Å². The summed E-state index contributed by atoms with van der Waals surface area (Å²) in [6.07, 6.45) is 0.753. The number of amides is 2. The van der Waals surface area contributed by atoms with Crippen molar-refractivity contribution in [1.82, 2.24) is 5.32 Å². The summed E-state index contributed by atoms with van der Waals surface area (Å²) in [5, 5.41) is 14.4. The highest BCUT2D eigenvalue weighted by molar-refractivity contribution is 7.85. The van der Waals surface area contributed by atoms with Crippen LogP contribution in [0.1, 0.15) is 59.3 Å². The van der Waals surface area contributed by atoms with Crippen LogP contribution in [0, 0.1) is 11.3 Å². The average molecular weight is 624 g/mol. The van der Waals surface area contributed by atoms with Gasteiger partial charge < -0.3 is 10.6 Å². The largest absolute Gasteiger partial charge is 0.351 e. The Bertz CT molecular complexity index is 1770. The van der Waals surface area contributed by atoms with Crippen molar-refractivity contribution >= 4 is 27.6 Å². The lowest BCUT2D eigenvalue weighted by Gasteiger charge is -2.22. The smallest absolute Gasteiger partial charge is 0.266 e. The SMILES string of the molecule is CC(C)(C)c1ccc(C(Cc2ccc(C(=O)NCCS(=O)(=O)O)cc2)C(=O)Nc2ccc(-c3ccc(CC#N)cc3)cc2)cc1. The second kappa shape index (κ2) is 14.3. The Labute approximate surface area is 264 Å². The van der Waals surface area contributed by atoms with E-state index in [-0.39, 0.29) is 17.9 Å². The summed E-state index contributed by atoms with van der Waals surface area (Å²) in [4.78, 5) is 26.2. The summed E-state index contributed by atoms with van der Waals surface area (Å²) < 4.78 is 30.7. The molecule has 0 aliphatic carbocycles. The molecule has 0 bridgehead atoms. The predicted molar refractivity (Wildman–Crippen MR) is 177 cm³/mol. The second-order valence-corrected chi connectivity index (χ2v) is 13.5. The van der Waals surface area contributed by atoms with Gasteiger partial charge in [-0.15, -0.1) is 0 Å². The number of benzene rings is 4. The van der Waals surface area contributed by atoms with Crippen molar-refractivity contribution in [1.29, 1.82) is 5.26 Å². The molecular weight excluding hydrogens is 586 g/mol. The maximum Gasteiger partial charge on any atom is 0.266 e. The van der Waals surface area contributed by atoms with Gasteiger partial charge in [0.25, 0.3) is 16.0 Å². The molecule has 4 rings (SSSR count). The number of hydrogen-bond donors (Lipinski definition) is 3. The van der Waals surface area contributed by atoms with E-state index < -0.39 is 27.7 Å². The van der Waals surface area contributed by atoms with Crippen molar-refractivity contribution in [2.75, 3.05) is 17.6 Å². The Hall–Kier alpha value is -4.78. The minimum absolute atomic E-state index is 0.0359. The lowest BCUT2D eigenvalue weighted by atomic mass is 9.84. The van der Waals surface area contributed by atoms with E-state index in [1.807, 2.05) is 72.8 Å². The van der Waals surface area contributed by atoms with Crippen LogP contribution >= 0.6 is 0 Å². The lowest BCUT2D eigenvalue weighted by molar-refractivity contribution is -0.117. The molecule has 232 valence electrons. The number of nitriles is 1. The highest BCUT2D eigenvalue weighted by Gasteiger charge is 2.23. The van der Waals surface area contributed by atoms with Crippen LogP contribution in [0.4, 0.5) is 5.69 Å². The molecule has 0 heterocycles. The summed E-state index contributed by atoms with van der Waals surface area (Å²) in [6, 6.07) is 32.5. The van der Waals surface area contributed by atoms with E-state index in [2.05, 4.69) is 37.5 Å². The van der Waals surface area contributed by atoms with Gasteiger partial charge in [-0.3, -0.25) is 14.1 Å². The maximum absolute atomic E-state index is 13.8. The second-order valence-electron chi connectivity index (χ2n) is 12.0. The van der Waals surface area contributed by atoms with Crippen LogP contribution in [0.3, 0.4) is 0 Å². The third-order valence-electron chi connectivity index (χ3n) is 7.52. The van der Waals surface area contributed by atoms with Gasteiger partial charge in [-0.1, -0.05) is 93.6 Å². The lowest BCUT2D eigenvalue weighted by Crippen LogP contribution is -2.28. The van der Waals surface area contributed by atoms with Gasteiger partial charge in [0, 0.05) is 17.8 Å². The Kier molecular flexibility index (Phi) is 10.6. The molecule has 0 aromatic heterocycles. The van der Waals surface area contributed by atoms with Gasteiger partial charge in [0.05, 0.1) is 24.2 Å². The Balaban J connectivity index is 1.51. The summed E-state index contributed by atoms with van der Waals surface area (Å²) >= 11 is 0. The molecule has 0 fully saturated rings. The fraction of sp³-hybridized carbons (Fsp3) is 0.250. The van der Waals surface area contributed by atoms with Crippen LogP contribution < -0.4 is 10.6 Å². The van der Waals surface area contributed by atoms with E-state index >= 15 is 0 Å². The molecule has 0 saturated heterocycles. The quantitative estimate of drug-likeness (QED) is 0.168. The molecule has 0 aliphatic heterocycles. The van der Waals surface area contributed by atoms with E-state index in [1.54, 1.807) is 24.3 Å². The zero-order chi connectivity index (χ0) is 32.6. The molecule has 0 aliphatic rings. The third kappa shape index (κ3) is 9.60. The third-order valence-corrected chi connectivity index (χ3v) is 8.24. The molecule has 4 aromatic carbocycles. The van der Waals surface area contributed by atoms with Gasteiger partial charge in [0.15, 0.2) is 0 Å². The molecule has 1 atom stereocenters. The molecule has 9 heteroatoms. The molecule has 0 spiro atoms. The van der Waals surface area contributed by atoms with E-state index in [0.717, 1.165) is 33.4 Å². The zero-order valence-corrected chi connectivity index (χ0v) is 26.4. The van der Waals surface area contributed by atoms with Gasteiger partial charge in [0.1, 0.15) is 0 Å². The van der Waals surface area contributed by atoms with Crippen LogP contribution in [0.15, 0.2) is 97.1 Å². The zero-order valence-electron chi connectivity index (χ0n) is 25.6. The summed E-state index contributed by atoms with van der Waals surface area (Å²) in [5.41, 5.74) is 6.80. The van der Waals surface area contributed by atoms with Gasteiger partial charge in [-0.2, -0.15) is 13.7 Å². The van der Waals surface area contributed by atoms with E-state index in [1.165, 1.54) is 0 Å². The Morgan fingerprint density at radius 1 is 0.822 bits per heavy atom. The number of carbonyl (C=O) groups is 2. The van der Waals surface area contributed by atoms with Crippen LogP contribution in [0.2, 0.25) is 0 Å². The first-order valence-electron chi connectivity index (χ1n) is 14.6. The number of hydrogen-bond acceptors (Lipinski definition) is 5. The number of anilines is 1. The van der Waals surface area contributed by atoms with Crippen LogP contribution in [-0.4, -0.2) is 37.1 Å². The number of carbonyl (C=O) groups excluding carboxylic acids is 2. The van der Waals surface area contributed by atoms with Crippen LogP contribution in [-0.2, 0) is 33.2 Å². The Morgan fingerprint density at radius 3 is 1.91 bits per heavy atom. The first-order valence-corrected chi connectivity index (χ1v) is 16.2. The highest BCUT2D eigenvalue weighted by atomic mass is 32.2.